The molecule has 6 nitrogen and oxygen atoms in total. The molecular formula is C24H33N3O3. The fourth-order valence-electron chi connectivity index (χ4n) is 3.71. The minimum atomic E-state index is 0.435. The quantitative estimate of drug-likeness (QED) is 0.374. The van der Waals surface area contributed by atoms with E-state index in [1.54, 1.807) is 7.11 Å². The molecule has 0 bridgehead atoms. The molecule has 0 saturated heterocycles. The van der Waals surface area contributed by atoms with Gasteiger partial charge in [-0.3, -0.25) is 4.99 Å². The van der Waals surface area contributed by atoms with E-state index in [1.165, 1.54) is 11.1 Å². The molecular weight excluding hydrogens is 378 g/mol. The highest BCUT2D eigenvalue weighted by atomic mass is 16.5. The molecule has 0 aliphatic carbocycles. The number of ether oxygens (including phenoxy) is 3. The average Bonchev–Trinajstić information content (AvgIpc) is 2.79. The monoisotopic (exact) mass is 411 g/mol. The number of guanidine groups is 1. The van der Waals surface area contributed by atoms with Crippen molar-refractivity contribution < 1.29 is 14.2 Å². The third kappa shape index (κ3) is 5.81. The molecule has 0 fully saturated rings. The number of benzene rings is 2. The number of nitrogens with one attached hydrogen (secondary N) is 2. The Morgan fingerprint density at radius 1 is 1.17 bits per heavy atom. The van der Waals surface area contributed by atoms with E-state index in [0.29, 0.717) is 12.5 Å². The second-order valence-electron chi connectivity index (χ2n) is 7.27. The van der Waals surface area contributed by atoms with Gasteiger partial charge in [-0.15, -0.1) is 0 Å². The Morgan fingerprint density at radius 2 is 2.03 bits per heavy atom. The molecule has 2 N–H and O–H groups in total. The number of rotatable bonds is 9. The van der Waals surface area contributed by atoms with E-state index >= 15 is 0 Å². The first kappa shape index (κ1) is 21.8. The van der Waals surface area contributed by atoms with E-state index in [9.17, 15) is 0 Å². The first-order chi connectivity index (χ1) is 14.7. The minimum Gasteiger partial charge on any atom is -0.493 e. The lowest BCUT2D eigenvalue weighted by atomic mass is 9.93. The molecule has 30 heavy (non-hydrogen) atoms. The van der Waals surface area contributed by atoms with Crippen LogP contribution >= 0.6 is 0 Å². The molecule has 162 valence electrons. The molecule has 1 aliphatic heterocycles. The molecule has 1 unspecified atom stereocenters. The fourth-order valence-corrected chi connectivity index (χ4v) is 3.71. The largest absolute Gasteiger partial charge is 0.493 e. The van der Waals surface area contributed by atoms with Gasteiger partial charge in [-0.1, -0.05) is 24.3 Å². The van der Waals surface area contributed by atoms with E-state index < -0.39 is 0 Å². The van der Waals surface area contributed by atoms with Gasteiger partial charge < -0.3 is 24.8 Å². The molecule has 1 aliphatic rings. The van der Waals surface area contributed by atoms with Gasteiger partial charge in [0.25, 0.3) is 0 Å². The fraction of sp³-hybridized carbons (Fsp3) is 0.458. The maximum Gasteiger partial charge on any atom is 0.190 e. The van der Waals surface area contributed by atoms with E-state index in [0.717, 1.165) is 62.2 Å². The molecule has 6 heteroatoms. The van der Waals surface area contributed by atoms with Gasteiger partial charge in [-0.2, -0.15) is 0 Å². The van der Waals surface area contributed by atoms with Crippen LogP contribution in [-0.4, -0.2) is 46.4 Å². The SMILES string of the molecule is CCOc1cc(CCCNC(=NC)NCC2CCOc3ccccc32)ccc1OC. The van der Waals surface area contributed by atoms with Gasteiger partial charge in [-0.25, -0.2) is 0 Å². The van der Waals surface area contributed by atoms with Crippen molar-refractivity contribution in [2.75, 3.05) is 40.5 Å². The number of hydrogen-bond donors (Lipinski definition) is 2. The van der Waals surface area contributed by atoms with Crippen LogP contribution in [0.3, 0.4) is 0 Å². The molecule has 0 radical (unpaired) electrons. The number of nitrogens with zero attached hydrogens (tertiary/aromatic N) is 1. The van der Waals surface area contributed by atoms with Crippen molar-refractivity contribution >= 4 is 5.96 Å². The van der Waals surface area contributed by atoms with Crippen LogP contribution in [0.4, 0.5) is 0 Å². The van der Waals surface area contributed by atoms with Gasteiger partial charge in [0.05, 0.1) is 20.3 Å². The van der Waals surface area contributed by atoms with Gasteiger partial charge in [0.15, 0.2) is 17.5 Å². The molecule has 0 amide bonds. The summed E-state index contributed by atoms with van der Waals surface area (Å²) in [5, 5.41) is 6.88. The topological polar surface area (TPSA) is 64.1 Å². The van der Waals surface area contributed by atoms with Gasteiger partial charge in [0, 0.05) is 26.1 Å². The normalized spacial score (nSPS) is 15.7. The summed E-state index contributed by atoms with van der Waals surface area (Å²) < 4.78 is 16.8. The van der Waals surface area contributed by atoms with Crippen LogP contribution in [0.15, 0.2) is 47.5 Å². The Kier molecular flexibility index (Phi) is 8.24. The Bertz CT molecular complexity index is 838. The summed E-state index contributed by atoms with van der Waals surface area (Å²) in [5.74, 6) is 3.86. The molecule has 1 atom stereocenters. The number of aliphatic imine (C=N–C) groups is 1. The summed E-state index contributed by atoms with van der Waals surface area (Å²) in [7, 11) is 3.48. The zero-order valence-electron chi connectivity index (χ0n) is 18.2. The van der Waals surface area contributed by atoms with Crippen LogP contribution in [0.2, 0.25) is 0 Å². The minimum absolute atomic E-state index is 0.435. The van der Waals surface area contributed by atoms with Crippen LogP contribution in [-0.2, 0) is 6.42 Å². The lowest BCUT2D eigenvalue weighted by Gasteiger charge is -2.26. The molecule has 0 spiro atoms. The Balaban J connectivity index is 1.44. The van der Waals surface area contributed by atoms with Gasteiger partial charge in [0.2, 0.25) is 0 Å². The standard InChI is InChI=1S/C24H33N3O3/c1-4-29-23-16-18(11-12-22(23)28-3)8-7-14-26-24(25-2)27-17-19-13-15-30-21-10-6-5-9-20(19)21/h5-6,9-12,16,19H,4,7-8,13-15,17H2,1-3H3,(H2,25,26,27). The Hall–Kier alpha value is -2.89. The smallest absolute Gasteiger partial charge is 0.190 e. The number of hydrogen-bond acceptors (Lipinski definition) is 4. The summed E-state index contributed by atoms with van der Waals surface area (Å²) in [6.07, 6.45) is 2.97. The highest BCUT2D eigenvalue weighted by Crippen LogP contribution is 2.32. The third-order valence-corrected chi connectivity index (χ3v) is 5.28. The first-order valence-electron chi connectivity index (χ1n) is 10.7. The van der Waals surface area contributed by atoms with Gasteiger partial charge in [-0.05, 0) is 55.5 Å². The van der Waals surface area contributed by atoms with Crippen molar-refractivity contribution in [3.8, 4) is 17.2 Å². The summed E-state index contributed by atoms with van der Waals surface area (Å²) >= 11 is 0. The number of aryl methyl sites for hydroxylation is 1. The molecule has 0 saturated carbocycles. The van der Waals surface area contributed by atoms with E-state index in [-0.39, 0.29) is 0 Å². The number of methoxy groups -OCH3 is 1. The van der Waals surface area contributed by atoms with Crippen LogP contribution in [0, 0.1) is 0 Å². The summed E-state index contributed by atoms with van der Waals surface area (Å²) in [6, 6.07) is 14.4. The molecule has 3 rings (SSSR count). The Morgan fingerprint density at radius 3 is 2.83 bits per heavy atom. The maximum atomic E-state index is 5.76. The van der Waals surface area contributed by atoms with Crippen molar-refractivity contribution in [3.63, 3.8) is 0 Å². The molecule has 2 aromatic rings. The number of fused-ring (bicyclic) bond motifs is 1. The van der Waals surface area contributed by atoms with Gasteiger partial charge >= 0.3 is 0 Å². The summed E-state index contributed by atoms with van der Waals surface area (Å²) in [4.78, 5) is 4.36. The predicted octanol–water partition coefficient (Wildman–Crippen LogP) is 3.76. The summed E-state index contributed by atoms with van der Waals surface area (Å²) in [6.45, 7) is 5.06. The predicted molar refractivity (Wildman–Crippen MR) is 121 cm³/mol. The van der Waals surface area contributed by atoms with Crippen molar-refractivity contribution in [3.05, 3.63) is 53.6 Å². The van der Waals surface area contributed by atoms with Crippen LogP contribution in [0.1, 0.15) is 36.8 Å². The van der Waals surface area contributed by atoms with Crippen molar-refractivity contribution in [1.29, 1.82) is 0 Å². The van der Waals surface area contributed by atoms with Gasteiger partial charge in [0.1, 0.15) is 5.75 Å². The first-order valence-corrected chi connectivity index (χ1v) is 10.7. The van der Waals surface area contributed by atoms with Crippen molar-refractivity contribution in [2.24, 2.45) is 4.99 Å². The van der Waals surface area contributed by atoms with E-state index in [1.807, 2.05) is 32.2 Å². The van der Waals surface area contributed by atoms with Crippen LogP contribution in [0.5, 0.6) is 17.2 Å². The van der Waals surface area contributed by atoms with E-state index in [2.05, 4.69) is 39.9 Å². The van der Waals surface area contributed by atoms with Crippen LogP contribution in [0.25, 0.3) is 0 Å². The highest BCUT2D eigenvalue weighted by molar-refractivity contribution is 5.79. The van der Waals surface area contributed by atoms with Crippen LogP contribution < -0.4 is 24.8 Å². The lowest BCUT2D eigenvalue weighted by Crippen LogP contribution is -2.40. The zero-order chi connectivity index (χ0) is 21.2. The number of para-hydroxylation sites is 1. The van der Waals surface area contributed by atoms with E-state index in [4.69, 9.17) is 14.2 Å². The van der Waals surface area contributed by atoms with Crippen molar-refractivity contribution in [2.45, 2.75) is 32.1 Å². The second-order valence-corrected chi connectivity index (χ2v) is 7.27. The molecule has 0 aromatic heterocycles. The maximum absolute atomic E-state index is 5.76. The third-order valence-electron chi connectivity index (χ3n) is 5.28. The lowest BCUT2D eigenvalue weighted by molar-refractivity contribution is 0.267. The highest BCUT2D eigenvalue weighted by Gasteiger charge is 2.21. The van der Waals surface area contributed by atoms with Crippen molar-refractivity contribution in [1.82, 2.24) is 10.6 Å². The molecule has 1 heterocycles. The zero-order valence-corrected chi connectivity index (χ0v) is 18.2. The average molecular weight is 412 g/mol. The second kappa shape index (κ2) is 11.3. The molecule has 2 aromatic carbocycles. The summed E-state index contributed by atoms with van der Waals surface area (Å²) in [5.41, 5.74) is 2.51. The Labute approximate surface area is 179 Å².